The van der Waals surface area contributed by atoms with Crippen LogP contribution in [0.1, 0.15) is 154 Å². The monoisotopic (exact) mass is 2170 g/mol. The smallest absolute Gasteiger partial charge is 0.861 e. The number of hydrogen-bond donors (Lipinski definition) is 0. The van der Waals surface area contributed by atoms with Crippen molar-refractivity contribution >= 4 is 156 Å². The van der Waals surface area contributed by atoms with Crippen LogP contribution in [0.3, 0.4) is 0 Å². The predicted octanol–water partition coefficient (Wildman–Crippen LogP) is 1.09. The molecule has 2 atom stereocenters. The Morgan fingerprint density at radius 2 is 0.537 bits per heavy atom. The summed E-state index contributed by atoms with van der Waals surface area (Å²) in [6.45, 7) is 28.0. The van der Waals surface area contributed by atoms with Crippen LogP contribution in [0.4, 0.5) is 65.9 Å². The Kier molecular flexibility index (Phi) is 74.6. The van der Waals surface area contributed by atoms with Crippen molar-refractivity contribution in [3.63, 3.8) is 0 Å². The molecule has 1 rings (SSSR count). The summed E-state index contributed by atoms with van der Waals surface area (Å²) < 4.78 is 379. The normalized spacial score (nSPS) is 20.2. The minimum absolute atomic E-state index is 0. The van der Waals surface area contributed by atoms with E-state index in [-0.39, 0.29) is 267 Å². The Morgan fingerprint density at radius 3 is 0.752 bits per heavy atom. The van der Waals surface area contributed by atoms with Gasteiger partial charge in [-0.2, -0.15) is 130 Å². The van der Waals surface area contributed by atoms with Crippen LogP contribution >= 0.6 is 0 Å². The molecule has 0 saturated carbocycles. The number of sulfonamides is 5. The van der Waals surface area contributed by atoms with Gasteiger partial charge in [0.25, 0.3) is 0 Å². The summed E-state index contributed by atoms with van der Waals surface area (Å²) in [7, 11) is -56.8. The molecule has 0 spiro atoms. The molecule has 1 aliphatic rings. The Bertz CT molecular complexity index is 3410. The van der Waals surface area contributed by atoms with E-state index in [1.165, 1.54) is 26.2 Å². The zero-order chi connectivity index (χ0) is 86.4. The molecule has 0 aromatic heterocycles. The number of methoxy groups -OCH3 is 1. The van der Waals surface area contributed by atoms with Crippen LogP contribution in [-0.4, -0.2) is 203 Å². The maximum atomic E-state index is 12.8. The molecule has 1 fully saturated rings. The maximum absolute atomic E-state index is 12.8. The summed E-state index contributed by atoms with van der Waals surface area (Å²) in [5.41, 5.74) is -29.1. The third-order valence-electron chi connectivity index (χ3n) is 14.2. The van der Waals surface area contributed by atoms with E-state index in [0.717, 1.165) is 6.42 Å². The van der Waals surface area contributed by atoms with Crippen molar-refractivity contribution in [2.75, 3.05) is 26.9 Å². The van der Waals surface area contributed by atoms with Crippen LogP contribution in [0.15, 0.2) is 22.0 Å². The average Bonchev–Trinajstić information content (AvgIpc) is 0.758. The second kappa shape index (κ2) is 60.6. The van der Waals surface area contributed by atoms with E-state index in [1.54, 1.807) is 7.11 Å². The van der Waals surface area contributed by atoms with Crippen molar-refractivity contribution in [2.45, 2.75) is 309 Å². The van der Waals surface area contributed by atoms with E-state index in [0.29, 0.717) is 44.8 Å². The van der Waals surface area contributed by atoms with Gasteiger partial charge in [-0.1, -0.05) is 83.1 Å². The number of rotatable bonds is 46. The van der Waals surface area contributed by atoms with E-state index in [1.807, 2.05) is 26.2 Å². The zero-order valence-electron chi connectivity index (χ0n) is 67.3. The van der Waals surface area contributed by atoms with Crippen molar-refractivity contribution in [1.29, 1.82) is 0 Å². The second-order valence-electron chi connectivity index (χ2n) is 28.4. The fraction of sp³-hybridized carbons (Fsp3) is 0.912. The van der Waals surface area contributed by atoms with Gasteiger partial charge in [-0.25, -0.2) is 0 Å². The van der Waals surface area contributed by atoms with Crippen LogP contribution in [0.5, 0.6) is 0 Å². The molecule has 0 amide bonds. The largest absolute Gasteiger partial charge is 1.00 e. The second-order valence-corrected chi connectivity index (χ2v) is 70.7. The summed E-state index contributed by atoms with van der Waals surface area (Å²) in [5, 5.41) is 59.9. The van der Waals surface area contributed by atoms with Crippen LogP contribution in [0.2, 0.25) is 128 Å². The molecule has 64 heteroatoms. The van der Waals surface area contributed by atoms with E-state index in [4.69, 9.17) is 42.4 Å². The van der Waals surface area contributed by atoms with Gasteiger partial charge in [-0.3, -0.25) is 0 Å². The first-order valence-electron chi connectivity index (χ1n) is 33.5. The minimum atomic E-state index is -6.19. The number of halogens is 15. The van der Waals surface area contributed by atoms with Crippen molar-refractivity contribution in [3.05, 3.63) is 0 Å². The number of nitrogens with zero attached hydrogens (tertiary/aromatic N) is 5. The Morgan fingerprint density at radius 1 is 0.322 bits per heavy atom. The Labute approximate surface area is 821 Å². The van der Waals surface area contributed by atoms with Gasteiger partial charge in [0.15, 0.2) is 16.6 Å². The molecule has 0 N–H and O–H groups in total. The van der Waals surface area contributed by atoms with Crippen molar-refractivity contribution in [3.8, 4) is 0 Å². The van der Waals surface area contributed by atoms with E-state index >= 15 is 0 Å². The molecule has 1 saturated heterocycles. The molecule has 0 bridgehead atoms. The SMILES string of the molecule is C.C.C.C.C.C.COCCOCCC[Si](C)(O[Si](C)(C)O[Si](C)(C)C)O[Si](C)(CCCCCC([O-])=NS(=O)(=O)C(F)(F)F)O[Si](C)(C)C.C[Si]1(CCCCC([O-])=NS(=O)(=O)C(F)(F)F)O[Si](C)(CCCCC([O-])=NS(=O)(=O)C(F)(F)F)O[Si](C)(CCCCC([O-])=NS(=O)(=O)C(F)(F)F)O[Si](C)(CCCCC([O-])=NS(=O)(=O)C(F)(F)F)O1.[Ag+].[Na+].[Na+].[Na+].[Na+]. The number of hydrogen-bond acceptors (Lipinski definition) is 25. The minimum Gasteiger partial charge on any atom is -0.861 e. The molecule has 1 aliphatic heterocycles. The van der Waals surface area contributed by atoms with E-state index < -0.39 is 216 Å². The van der Waals surface area contributed by atoms with Crippen LogP contribution < -0.4 is 144 Å². The molecule has 30 nitrogen and oxygen atoms in total. The predicted molar refractivity (Wildman–Crippen MR) is 425 cm³/mol. The third-order valence-corrected chi connectivity index (χ3v) is 56.5. The van der Waals surface area contributed by atoms with Crippen molar-refractivity contribution in [2.24, 2.45) is 22.0 Å². The van der Waals surface area contributed by atoms with E-state index in [9.17, 15) is 133 Å². The molecule has 710 valence electrons. The van der Waals surface area contributed by atoms with Crippen LogP contribution in [0, 0.1) is 0 Å². The molecule has 2 unspecified atom stereocenters. The summed E-state index contributed by atoms with van der Waals surface area (Å²) in [5.74, 6) is -8.01. The summed E-state index contributed by atoms with van der Waals surface area (Å²) >= 11 is 0. The van der Waals surface area contributed by atoms with Gasteiger partial charge in [-0.15, -0.1) is 0 Å². The average molecular weight is 2170 g/mol. The zero-order valence-corrected chi connectivity index (χ0v) is 89.9. The molecular formula is C57H121AgF15N5Na4O25S5Si9. The van der Waals surface area contributed by atoms with Crippen molar-refractivity contribution in [1.82, 2.24) is 0 Å². The van der Waals surface area contributed by atoms with E-state index in [2.05, 4.69) is 61.3 Å². The van der Waals surface area contributed by atoms with Gasteiger partial charge in [-0.05, 0) is 228 Å². The van der Waals surface area contributed by atoms with Gasteiger partial charge >= 0.3 is 278 Å². The van der Waals surface area contributed by atoms with Crippen LogP contribution in [0.25, 0.3) is 0 Å². The quantitative estimate of drug-likeness (QED) is 0.0271. The Hall–Kier alpha value is 2.34. The standard InChI is InChI=1S/C28H48F12N4O16S4Si4.C23H54F3NO9SSi5.6CH4.Ag.4Na/c1-65(17-9-5-13-21(45)41-61(49,50)25(29,30)31)57-66(2,18-10-6-14-22(46)42-62(51,52)26(32,33)34)59-68(4,20-12-8-16-24(48)44-64(55,56)28(38,39)40)60-67(3,58-65)19-11-7-15-23(47)43-63(53,54)27(35,36)37;1-31-18-19-32-17-15-21-42(11,35-40(8,9)33-38(2,3)4)36-41(10,34-39(5,6)7)20-14-12-13-16-22(28)27-37(29,30)23(24,25)26;;;;;;;;;;;/h5-20H2,1-4H3,(H,41,45)(H,42,46)(H,43,47)(H,44,48);12-21H2,1-11H3,(H,27,28);6*1H4;;;;;/q;;;;;;;;5*+1/p-5. The number of alkyl halides is 15. The number of unbranched alkanes of at least 4 members (excludes halogenated alkanes) is 6. The first kappa shape index (κ1) is 149. The van der Waals surface area contributed by atoms with Gasteiger partial charge in [0.1, 0.15) is 0 Å². The molecule has 121 heavy (non-hydrogen) atoms. The van der Waals surface area contributed by atoms with Crippen molar-refractivity contribution < 1.29 is 316 Å². The summed E-state index contributed by atoms with van der Waals surface area (Å²) in [6, 6.07) is 0.508. The summed E-state index contributed by atoms with van der Waals surface area (Å²) in [4.78, 5) is 0. The third kappa shape index (κ3) is 61.1. The van der Waals surface area contributed by atoms with Gasteiger partial charge in [0, 0.05) is 13.7 Å². The van der Waals surface area contributed by atoms with Crippen LogP contribution in [-0.2, 0) is 115 Å². The van der Waals surface area contributed by atoms with Gasteiger partial charge < -0.3 is 67.9 Å². The first-order chi connectivity index (χ1) is 49.0. The molecule has 1 heterocycles. The molecule has 0 radical (unpaired) electrons. The molecular weight excluding hydrogens is 2050 g/mol. The molecule has 0 aromatic carbocycles. The molecule has 0 aliphatic carbocycles. The van der Waals surface area contributed by atoms with Gasteiger partial charge in [0.05, 0.1) is 13.2 Å². The topological polar surface area (TPSA) is 440 Å². The fourth-order valence-corrected chi connectivity index (χ4v) is 60.4. The summed E-state index contributed by atoms with van der Waals surface area (Å²) in [6.07, 6.45) is -3.72. The molecule has 0 aromatic rings. The number of ether oxygens (including phenoxy) is 2. The Balaban J connectivity index is -0.000000196. The van der Waals surface area contributed by atoms with Gasteiger partial charge in [0.2, 0.25) is 0 Å². The first-order valence-corrected chi connectivity index (χ1v) is 65.5. The maximum Gasteiger partial charge on any atom is 1.00 e. The fourth-order valence-electron chi connectivity index (χ4n) is 10.6.